The normalized spacial score (nSPS) is 11.7. The molecule has 0 aliphatic carbocycles. The number of hydrogen-bond donors (Lipinski definition) is 2. The van der Waals surface area contributed by atoms with Crippen LogP contribution < -0.4 is 10.6 Å². The van der Waals surface area contributed by atoms with Gasteiger partial charge in [-0.3, -0.25) is 4.79 Å². The molecule has 29 heavy (non-hydrogen) atoms. The van der Waals surface area contributed by atoms with E-state index in [1.165, 1.54) is 26.2 Å². The maximum absolute atomic E-state index is 12.7. The van der Waals surface area contributed by atoms with Crippen LogP contribution in [-0.4, -0.2) is 45.0 Å². The molecular formula is C19H23F2N3O3S2. The van der Waals surface area contributed by atoms with Crippen LogP contribution >= 0.6 is 11.8 Å². The summed E-state index contributed by atoms with van der Waals surface area (Å²) in [4.78, 5) is 12.7. The molecule has 0 aliphatic heterocycles. The van der Waals surface area contributed by atoms with Crippen molar-refractivity contribution in [3.8, 4) is 0 Å². The average Bonchev–Trinajstić information content (AvgIpc) is 2.63. The number of hydrogen-bond acceptors (Lipinski definition) is 5. The predicted octanol–water partition coefficient (Wildman–Crippen LogP) is 3.92. The molecule has 0 saturated carbocycles. The highest BCUT2D eigenvalue weighted by Gasteiger charge is 2.20. The molecule has 6 nitrogen and oxygen atoms in total. The zero-order chi connectivity index (χ0) is 21.8. The van der Waals surface area contributed by atoms with Crippen LogP contribution in [0.15, 0.2) is 46.2 Å². The van der Waals surface area contributed by atoms with Crippen LogP contribution in [0.1, 0.15) is 11.1 Å². The Hall–Kier alpha value is -2.17. The molecule has 0 radical (unpaired) electrons. The van der Waals surface area contributed by atoms with Gasteiger partial charge in [0.25, 0.3) is 5.76 Å². The van der Waals surface area contributed by atoms with E-state index in [9.17, 15) is 22.0 Å². The lowest BCUT2D eigenvalue weighted by Gasteiger charge is -2.17. The van der Waals surface area contributed by atoms with E-state index in [0.717, 1.165) is 15.4 Å². The summed E-state index contributed by atoms with van der Waals surface area (Å²) in [7, 11) is -0.735. The maximum Gasteiger partial charge on any atom is 0.288 e. The van der Waals surface area contributed by atoms with E-state index in [-0.39, 0.29) is 16.3 Å². The zero-order valence-electron chi connectivity index (χ0n) is 16.5. The van der Waals surface area contributed by atoms with Crippen molar-refractivity contribution in [1.82, 2.24) is 4.31 Å². The first-order chi connectivity index (χ1) is 13.5. The molecule has 0 saturated heterocycles. The van der Waals surface area contributed by atoms with Gasteiger partial charge < -0.3 is 10.6 Å². The highest BCUT2D eigenvalue weighted by atomic mass is 32.2. The minimum absolute atomic E-state index is 0.118. The van der Waals surface area contributed by atoms with E-state index in [1.807, 2.05) is 6.92 Å². The van der Waals surface area contributed by atoms with Crippen LogP contribution in [-0.2, 0) is 14.8 Å². The van der Waals surface area contributed by atoms with Gasteiger partial charge in [-0.2, -0.15) is 8.78 Å². The second-order valence-electron chi connectivity index (χ2n) is 6.48. The largest absolute Gasteiger partial charge is 0.376 e. The molecule has 2 aromatic rings. The highest BCUT2D eigenvalue weighted by molar-refractivity contribution is 7.99. The van der Waals surface area contributed by atoms with Gasteiger partial charge in [-0.25, -0.2) is 12.7 Å². The van der Waals surface area contributed by atoms with E-state index in [0.29, 0.717) is 23.1 Å². The first kappa shape index (κ1) is 23.1. The summed E-state index contributed by atoms with van der Waals surface area (Å²) >= 11 is 0.353. The number of thioether (sulfide) groups is 1. The minimum atomic E-state index is -3.62. The third kappa shape index (κ3) is 5.91. The second kappa shape index (κ2) is 9.55. The summed E-state index contributed by atoms with van der Waals surface area (Å²) in [6.07, 6.45) is 0. The van der Waals surface area contributed by atoms with Gasteiger partial charge in [-0.05, 0) is 49.2 Å². The number of amides is 1. The second-order valence-corrected chi connectivity index (χ2v) is 9.66. The van der Waals surface area contributed by atoms with Crippen molar-refractivity contribution in [3.63, 3.8) is 0 Å². The Kier molecular flexibility index (Phi) is 7.61. The zero-order valence-corrected chi connectivity index (χ0v) is 18.1. The number of sulfonamides is 1. The molecule has 0 bridgehead atoms. The molecule has 158 valence electrons. The average molecular weight is 444 g/mol. The summed E-state index contributed by atoms with van der Waals surface area (Å²) in [5.41, 5.74) is 2.37. The lowest BCUT2D eigenvalue weighted by molar-refractivity contribution is -0.114. The van der Waals surface area contributed by atoms with Crippen LogP contribution in [0.2, 0.25) is 0 Å². The molecule has 2 rings (SSSR count). The fourth-order valence-electron chi connectivity index (χ4n) is 2.51. The number of para-hydroxylation sites is 1. The molecule has 2 N–H and O–H groups in total. The van der Waals surface area contributed by atoms with E-state index in [4.69, 9.17) is 0 Å². The van der Waals surface area contributed by atoms with Crippen LogP contribution in [0.3, 0.4) is 0 Å². The predicted molar refractivity (Wildman–Crippen MR) is 112 cm³/mol. The molecule has 0 heterocycles. The summed E-state index contributed by atoms with van der Waals surface area (Å²) in [5, 5.41) is 5.54. The molecule has 1 amide bonds. The maximum atomic E-state index is 12.7. The van der Waals surface area contributed by atoms with Crippen molar-refractivity contribution >= 4 is 39.1 Å². The SMILES string of the molecule is Cc1cc(S(=O)(=O)N(C)C)cc(NCC(=O)Nc2ccccc2SC(F)F)c1C. The van der Waals surface area contributed by atoms with Gasteiger partial charge in [-0.15, -0.1) is 0 Å². The number of nitrogens with zero attached hydrogens (tertiary/aromatic N) is 1. The fraction of sp³-hybridized carbons (Fsp3) is 0.316. The Morgan fingerprint density at radius 2 is 1.79 bits per heavy atom. The third-order valence-electron chi connectivity index (χ3n) is 4.24. The first-order valence-electron chi connectivity index (χ1n) is 8.63. The quantitative estimate of drug-likeness (QED) is 0.605. The van der Waals surface area contributed by atoms with Gasteiger partial charge >= 0.3 is 0 Å². The smallest absolute Gasteiger partial charge is 0.288 e. The van der Waals surface area contributed by atoms with E-state index >= 15 is 0 Å². The number of carbonyl (C=O) groups excluding carboxylic acids is 1. The Bertz CT molecular complexity index is 996. The van der Waals surface area contributed by atoms with Gasteiger partial charge in [0.05, 0.1) is 17.1 Å². The van der Waals surface area contributed by atoms with Crippen LogP contribution in [0, 0.1) is 13.8 Å². The number of rotatable bonds is 8. The summed E-state index contributed by atoms with van der Waals surface area (Å²) in [6, 6.07) is 9.35. The van der Waals surface area contributed by atoms with Crippen molar-refractivity contribution in [3.05, 3.63) is 47.5 Å². The molecule has 2 aromatic carbocycles. The topological polar surface area (TPSA) is 78.5 Å². The highest BCUT2D eigenvalue weighted by Crippen LogP contribution is 2.31. The number of alkyl halides is 2. The van der Waals surface area contributed by atoms with Crippen molar-refractivity contribution in [2.45, 2.75) is 29.4 Å². The monoisotopic (exact) mass is 443 g/mol. The van der Waals surface area contributed by atoms with E-state index in [2.05, 4.69) is 10.6 Å². The van der Waals surface area contributed by atoms with Crippen LogP contribution in [0.5, 0.6) is 0 Å². The van der Waals surface area contributed by atoms with Crippen LogP contribution in [0.25, 0.3) is 0 Å². The number of carbonyl (C=O) groups is 1. The molecular weight excluding hydrogens is 420 g/mol. The Labute approximate surface area is 173 Å². The Balaban J connectivity index is 2.16. The standard InChI is InChI=1S/C19H23F2N3O3S2/c1-12-9-14(29(26,27)24(3)4)10-16(13(12)2)22-11-18(25)23-15-7-5-6-8-17(15)28-19(20)21/h5-10,19,22H,11H2,1-4H3,(H,23,25). The number of halogens is 2. The van der Waals surface area contributed by atoms with Gasteiger partial charge in [0.15, 0.2) is 0 Å². The number of aryl methyl sites for hydroxylation is 1. The summed E-state index contributed by atoms with van der Waals surface area (Å²) in [5.74, 6) is -3.04. The summed E-state index contributed by atoms with van der Waals surface area (Å²) in [6.45, 7) is 3.45. The third-order valence-corrected chi connectivity index (χ3v) is 6.82. The lowest BCUT2D eigenvalue weighted by atomic mass is 10.1. The molecule has 0 atom stereocenters. The minimum Gasteiger partial charge on any atom is -0.376 e. The van der Waals surface area contributed by atoms with Crippen molar-refractivity contribution < 1.29 is 22.0 Å². The summed E-state index contributed by atoms with van der Waals surface area (Å²) < 4.78 is 51.3. The van der Waals surface area contributed by atoms with Gasteiger partial charge in [0, 0.05) is 24.7 Å². The van der Waals surface area contributed by atoms with Crippen molar-refractivity contribution in [2.24, 2.45) is 0 Å². The van der Waals surface area contributed by atoms with Gasteiger partial charge in [0.1, 0.15) is 0 Å². The fourth-order valence-corrected chi connectivity index (χ4v) is 4.12. The Morgan fingerprint density at radius 1 is 1.14 bits per heavy atom. The molecule has 10 heteroatoms. The van der Waals surface area contributed by atoms with Crippen molar-refractivity contribution in [2.75, 3.05) is 31.3 Å². The molecule has 0 unspecified atom stereocenters. The molecule has 0 aromatic heterocycles. The Morgan fingerprint density at radius 3 is 2.41 bits per heavy atom. The van der Waals surface area contributed by atoms with Crippen molar-refractivity contribution in [1.29, 1.82) is 0 Å². The number of anilines is 2. The first-order valence-corrected chi connectivity index (χ1v) is 11.0. The van der Waals surface area contributed by atoms with E-state index in [1.54, 1.807) is 31.2 Å². The lowest BCUT2D eigenvalue weighted by Crippen LogP contribution is -2.24. The molecule has 0 fully saturated rings. The molecule has 0 aliphatic rings. The van der Waals surface area contributed by atoms with Gasteiger partial charge in [0.2, 0.25) is 15.9 Å². The van der Waals surface area contributed by atoms with E-state index < -0.39 is 21.7 Å². The molecule has 0 spiro atoms. The van der Waals surface area contributed by atoms with Crippen LogP contribution in [0.4, 0.5) is 20.2 Å². The number of nitrogens with one attached hydrogen (secondary N) is 2. The van der Waals surface area contributed by atoms with Gasteiger partial charge in [-0.1, -0.05) is 23.9 Å². The number of benzene rings is 2.